The van der Waals surface area contributed by atoms with Gasteiger partial charge in [0.15, 0.2) is 22.3 Å². The highest BCUT2D eigenvalue weighted by molar-refractivity contribution is 7.80. The zero-order chi connectivity index (χ0) is 27.9. The first-order chi connectivity index (χ1) is 18.6. The normalized spacial score (nSPS) is 21.4. The van der Waals surface area contributed by atoms with Crippen LogP contribution in [0.2, 0.25) is 0 Å². The van der Waals surface area contributed by atoms with Gasteiger partial charge in [0.1, 0.15) is 11.7 Å². The molecule has 1 fully saturated rings. The molecule has 2 N–H and O–H groups in total. The van der Waals surface area contributed by atoms with Gasteiger partial charge in [-0.15, -0.1) is 0 Å². The lowest BCUT2D eigenvalue weighted by atomic mass is 9.78. The minimum absolute atomic E-state index is 0.118. The zero-order valence-electron chi connectivity index (χ0n) is 23.3. The van der Waals surface area contributed by atoms with Crippen LogP contribution in [0.25, 0.3) is 0 Å². The largest absolute Gasteiger partial charge is 0.493 e. The number of amides is 1. The van der Waals surface area contributed by atoms with Crippen LogP contribution in [0, 0.1) is 26.7 Å². The first-order valence-corrected chi connectivity index (χ1v) is 13.5. The quantitative estimate of drug-likeness (QED) is 0.382. The van der Waals surface area contributed by atoms with E-state index < -0.39 is 11.6 Å². The molecule has 2 aliphatic heterocycles. The van der Waals surface area contributed by atoms with Crippen LogP contribution in [0.15, 0.2) is 54.6 Å². The zero-order valence-corrected chi connectivity index (χ0v) is 24.1. The molecule has 0 unspecified atom stereocenters. The SMILES string of the molecule is COc1ccc(CCN2C(=S)N[C@@H]3c4cc(C)ccc4O[C@@]2(C)[C@@H]3C(=O)Nc2ccc(C)cc2C)cc1OC. The van der Waals surface area contributed by atoms with Gasteiger partial charge in [-0.05, 0) is 81.7 Å². The number of rotatable bonds is 7. The average molecular weight is 546 g/mol. The Morgan fingerprint density at radius 1 is 1.03 bits per heavy atom. The van der Waals surface area contributed by atoms with Crippen LogP contribution >= 0.6 is 12.2 Å². The molecule has 2 aliphatic rings. The second-order valence-electron chi connectivity index (χ2n) is 10.5. The van der Waals surface area contributed by atoms with E-state index in [-0.39, 0.29) is 11.9 Å². The van der Waals surface area contributed by atoms with Crippen molar-refractivity contribution in [2.45, 2.75) is 45.9 Å². The van der Waals surface area contributed by atoms with E-state index in [1.165, 1.54) is 0 Å². The molecular formula is C31H35N3O4S. The van der Waals surface area contributed by atoms with Crippen molar-refractivity contribution in [3.63, 3.8) is 0 Å². The van der Waals surface area contributed by atoms with E-state index >= 15 is 0 Å². The number of carbonyl (C=O) groups is 1. The summed E-state index contributed by atoms with van der Waals surface area (Å²) in [6, 6.07) is 17.7. The van der Waals surface area contributed by atoms with Gasteiger partial charge in [0, 0.05) is 17.8 Å². The molecule has 0 saturated carbocycles. The van der Waals surface area contributed by atoms with E-state index in [1.54, 1.807) is 14.2 Å². The van der Waals surface area contributed by atoms with Crippen molar-refractivity contribution in [2.24, 2.45) is 5.92 Å². The predicted octanol–water partition coefficient (Wildman–Crippen LogP) is 5.47. The highest BCUT2D eigenvalue weighted by Gasteiger charge is 2.58. The number of aryl methyl sites for hydroxylation is 3. The molecule has 1 saturated heterocycles. The maximum absolute atomic E-state index is 14.1. The van der Waals surface area contributed by atoms with Gasteiger partial charge in [-0.2, -0.15) is 0 Å². The Kier molecular flexibility index (Phi) is 7.16. The molecule has 2 heterocycles. The molecule has 3 atom stereocenters. The smallest absolute Gasteiger partial charge is 0.236 e. The molecule has 1 amide bonds. The van der Waals surface area contributed by atoms with E-state index in [4.69, 9.17) is 26.4 Å². The summed E-state index contributed by atoms with van der Waals surface area (Å²) in [5, 5.41) is 7.24. The number of methoxy groups -OCH3 is 2. The molecule has 2 bridgehead atoms. The van der Waals surface area contributed by atoms with Crippen LogP contribution in [0.4, 0.5) is 5.69 Å². The number of hydrogen-bond acceptors (Lipinski definition) is 5. The molecule has 0 radical (unpaired) electrons. The lowest BCUT2D eigenvalue weighted by molar-refractivity contribution is -0.149. The molecule has 5 rings (SSSR count). The van der Waals surface area contributed by atoms with Crippen LogP contribution < -0.4 is 24.8 Å². The van der Waals surface area contributed by atoms with Crippen molar-refractivity contribution < 1.29 is 19.0 Å². The van der Waals surface area contributed by atoms with Crippen molar-refractivity contribution in [3.05, 3.63) is 82.4 Å². The van der Waals surface area contributed by atoms with Crippen molar-refractivity contribution in [1.82, 2.24) is 10.2 Å². The Morgan fingerprint density at radius 3 is 2.46 bits per heavy atom. The summed E-state index contributed by atoms with van der Waals surface area (Å²) < 4.78 is 17.6. The minimum atomic E-state index is -1.01. The molecule has 8 heteroatoms. The summed E-state index contributed by atoms with van der Waals surface area (Å²) in [5.74, 6) is 1.42. The van der Waals surface area contributed by atoms with Crippen LogP contribution in [0.3, 0.4) is 0 Å². The van der Waals surface area contributed by atoms with Gasteiger partial charge in [-0.25, -0.2) is 0 Å². The second kappa shape index (κ2) is 10.4. The average Bonchev–Trinajstić information content (AvgIpc) is 2.90. The number of carbonyl (C=O) groups excluding carboxylic acids is 1. The fourth-order valence-corrected chi connectivity index (χ4v) is 6.13. The summed E-state index contributed by atoms with van der Waals surface area (Å²) in [4.78, 5) is 16.1. The van der Waals surface area contributed by atoms with Gasteiger partial charge in [0.05, 0.1) is 20.3 Å². The molecule has 0 spiro atoms. The van der Waals surface area contributed by atoms with E-state index in [9.17, 15) is 4.79 Å². The minimum Gasteiger partial charge on any atom is -0.493 e. The molecule has 7 nitrogen and oxygen atoms in total. The summed E-state index contributed by atoms with van der Waals surface area (Å²) in [6.07, 6.45) is 0.665. The Bertz CT molecular complexity index is 1440. The molecule has 0 aromatic heterocycles. The Morgan fingerprint density at radius 2 is 1.74 bits per heavy atom. The maximum atomic E-state index is 14.1. The summed E-state index contributed by atoms with van der Waals surface area (Å²) in [6.45, 7) is 8.59. The van der Waals surface area contributed by atoms with Crippen molar-refractivity contribution in [2.75, 3.05) is 26.1 Å². The Labute approximate surface area is 235 Å². The van der Waals surface area contributed by atoms with Crippen molar-refractivity contribution in [1.29, 1.82) is 0 Å². The van der Waals surface area contributed by atoms with Gasteiger partial charge < -0.3 is 29.7 Å². The molecular weight excluding hydrogens is 510 g/mol. The fraction of sp³-hybridized carbons (Fsp3) is 0.355. The third-order valence-corrected chi connectivity index (χ3v) is 8.12. The van der Waals surface area contributed by atoms with E-state index in [0.29, 0.717) is 29.6 Å². The van der Waals surface area contributed by atoms with Gasteiger partial charge >= 0.3 is 0 Å². The second-order valence-corrected chi connectivity index (χ2v) is 10.9. The molecule has 3 aromatic rings. The van der Waals surface area contributed by atoms with Crippen LogP contribution in [0.5, 0.6) is 17.2 Å². The van der Waals surface area contributed by atoms with Crippen molar-refractivity contribution in [3.8, 4) is 17.2 Å². The lowest BCUT2D eigenvalue weighted by Crippen LogP contribution is -2.71. The predicted molar refractivity (Wildman–Crippen MR) is 157 cm³/mol. The molecule has 0 aliphatic carbocycles. The summed E-state index contributed by atoms with van der Waals surface area (Å²) in [7, 11) is 3.25. The van der Waals surface area contributed by atoms with Crippen LogP contribution in [-0.4, -0.2) is 42.4 Å². The molecule has 204 valence electrons. The van der Waals surface area contributed by atoms with E-state index in [2.05, 4.69) is 22.8 Å². The van der Waals surface area contributed by atoms with Gasteiger partial charge in [-0.3, -0.25) is 4.79 Å². The number of nitrogens with zero attached hydrogens (tertiary/aromatic N) is 1. The van der Waals surface area contributed by atoms with Crippen molar-refractivity contribution >= 4 is 28.9 Å². The maximum Gasteiger partial charge on any atom is 0.236 e. The van der Waals surface area contributed by atoms with Gasteiger partial charge in [-0.1, -0.05) is 41.5 Å². The highest BCUT2D eigenvalue weighted by atomic mass is 32.1. The Balaban J connectivity index is 1.49. The number of hydrogen-bond donors (Lipinski definition) is 2. The topological polar surface area (TPSA) is 72.1 Å². The third-order valence-electron chi connectivity index (χ3n) is 7.78. The summed E-state index contributed by atoms with van der Waals surface area (Å²) in [5.41, 5.74) is 5.04. The van der Waals surface area contributed by atoms with Crippen LogP contribution in [-0.2, 0) is 11.2 Å². The number of nitrogens with one attached hydrogen (secondary N) is 2. The highest BCUT2D eigenvalue weighted by Crippen LogP contribution is 2.49. The van der Waals surface area contributed by atoms with Crippen LogP contribution in [0.1, 0.15) is 40.8 Å². The Hall–Kier alpha value is -3.78. The number of thiocarbonyl (C=S) groups is 1. The number of fused-ring (bicyclic) bond motifs is 4. The third kappa shape index (κ3) is 4.89. The molecule has 39 heavy (non-hydrogen) atoms. The first-order valence-electron chi connectivity index (χ1n) is 13.1. The van der Waals surface area contributed by atoms with E-state index in [0.717, 1.165) is 39.3 Å². The number of anilines is 1. The van der Waals surface area contributed by atoms with E-state index in [1.807, 2.05) is 75.1 Å². The standard InChI is InChI=1S/C31H35N3O4S/c1-18-7-10-23(20(3)15-18)32-29(35)27-28-22-16-19(2)8-11-24(22)38-31(27,4)34(30(39)33-28)14-13-21-9-12-25(36-5)26(17-21)37-6/h7-12,15-17,27-28H,13-14H2,1-6H3,(H,32,35)(H,33,39)/t27-,28+,31-/m0/s1. The van der Waals surface area contributed by atoms with Gasteiger partial charge in [0.2, 0.25) is 5.91 Å². The molecule has 3 aromatic carbocycles. The lowest BCUT2D eigenvalue weighted by Gasteiger charge is -2.56. The number of ether oxygens (including phenoxy) is 3. The summed E-state index contributed by atoms with van der Waals surface area (Å²) >= 11 is 5.88. The first kappa shape index (κ1) is 26.8. The fourth-order valence-electron chi connectivity index (χ4n) is 5.73. The number of benzene rings is 3. The van der Waals surface area contributed by atoms with Gasteiger partial charge in [0.25, 0.3) is 0 Å². The monoisotopic (exact) mass is 545 g/mol.